The van der Waals surface area contributed by atoms with E-state index in [0.717, 1.165) is 17.9 Å². The summed E-state index contributed by atoms with van der Waals surface area (Å²) in [4.78, 5) is 31.6. The molecule has 9 heteroatoms. The van der Waals surface area contributed by atoms with Gasteiger partial charge in [-0.15, -0.1) is 10.2 Å². The predicted octanol–water partition coefficient (Wildman–Crippen LogP) is 0.592. The molecule has 1 saturated heterocycles. The molecule has 2 bridgehead atoms. The van der Waals surface area contributed by atoms with Crippen LogP contribution < -0.4 is 10.6 Å². The van der Waals surface area contributed by atoms with Gasteiger partial charge in [0, 0.05) is 25.8 Å². The first kappa shape index (κ1) is 18.8. The zero-order valence-corrected chi connectivity index (χ0v) is 16.9. The fourth-order valence-corrected chi connectivity index (χ4v) is 4.96. The van der Waals surface area contributed by atoms with Crippen molar-refractivity contribution >= 4 is 23.4 Å². The van der Waals surface area contributed by atoms with Gasteiger partial charge in [0.25, 0.3) is 0 Å². The van der Waals surface area contributed by atoms with E-state index in [1.54, 1.807) is 0 Å². The number of aliphatic imine (C=N–C) groups is 1. The quantitative estimate of drug-likeness (QED) is 0.314. The first-order chi connectivity index (χ1) is 14.7. The van der Waals surface area contributed by atoms with E-state index < -0.39 is 0 Å². The van der Waals surface area contributed by atoms with E-state index in [0.29, 0.717) is 32.1 Å². The third kappa shape index (κ3) is 3.05. The molecule has 2 aromatic rings. The van der Waals surface area contributed by atoms with Gasteiger partial charge >= 0.3 is 0 Å². The number of hydrogen-bond acceptors (Lipinski definition) is 5. The number of rotatable bonds is 6. The molecule has 0 aromatic carbocycles. The Labute approximate surface area is 174 Å². The average molecular weight is 407 g/mol. The number of carbonyl (C=O) groups is 2. The first-order valence-corrected chi connectivity index (χ1v) is 10.5. The normalized spacial score (nSPS) is 27.4. The van der Waals surface area contributed by atoms with Crippen LogP contribution in [0.25, 0.3) is 5.65 Å². The molecule has 3 aliphatic rings. The van der Waals surface area contributed by atoms with Crippen molar-refractivity contribution in [2.75, 3.05) is 19.6 Å². The highest BCUT2D eigenvalue weighted by Crippen LogP contribution is 2.52. The summed E-state index contributed by atoms with van der Waals surface area (Å²) < 4.78 is 1.90. The molecule has 2 N–H and O–H groups in total. The minimum absolute atomic E-state index is 0.0134. The first-order valence-electron chi connectivity index (χ1n) is 10.5. The van der Waals surface area contributed by atoms with Gasteiger partial charge in [0.1, 0.15) is 6.54 Å². The summed E-state index contributed by atoms with van der Waals surface area (Å²) in [5, 5.41) is 14.7. The summed E-state index contributed by atoms with van der Waals surface area (Å²) in [5.74, 6) is 1.53. The third-order valence-corrected chi connectivity index (χ3v) is 6.30. The molecule has 0 radical (unpaired) electrons. The number of pyridine rings is 1. The highest BCUT2D eigenvalue weighted by atomic mass is 16.2. The van der Waals surface area contributed by atoms with Gasteiger partial charge in [-0.1, -0.05) is 18.2 Å². The lowest BCUT2D eigenvalue weighted by Crippen LogP contribution is -2.43. The van der Waals surface area contributed by atoms with E-state index >= 15 is 0 Å². The third-order valence-electron chi connectivity index (χ3n) is 6.30. The number of amides is 2. The summed E-state index contributed by atoms with van der Waals surface area (Å²) in [6.45, 7) is 3.85. The lowest BCUT2D eigenvalue weighted by Gasteiger charge is -2.18. The summed E-state index contributed by atoms with van der Waals surface area (Å²) in [5.41, 5.74) is 0.778. The number of likely N-dealkylation sites (tertiary alicyclic amines) is 1. The number of allylic oxidation sites excluding steroid dienone is 2. The van der Waals surface area contributed by atoms with Crippen LogP contribution in [0.5, 0.6) is 0 Å². The summed E-state index contributed by atoms with van der Waals surface area (Å²) in [6.07, 6.45) is 7.09. The Hall–Kier alpha value is -3.23. The molecule has 9 nitrogen and oxygen atoms in total. The molecule has 156 valence electrons. The maximum atomic E-state index is 12.8. The van der Waals surface area contributed by atoms with Gasteiger partial charge in [0.2, 0.25) is 11.8 Å². The van der Waals surface area contributed by atoms with Gasteiger partial charge in [-0.05, 0) is 37.3 Å². The standard InChI is InChI=1S/C21H25N7O2/c1-2-22-21(24-12-16-26-25-15-5-3-4-9-27(15)16)23-8-10-28-19(29)17-13-6-7-14(11-13)18(17)20(28)30/h3-7,9,13-14,17-18H,2,8,10-12H2,1H3,(H2,22,23,24). The van der Waals surface area contributed by atoms with Crippen molar-refractivity contribution in [1.82, 2.24) is 30.1 Å². The van der Waals surface area contributed by atoms with Gasteiger partial charge in [-0.25, -0.2) is 4.99 Å². The van der Waals surface area contributed by atoms with Crippen LogP contribution in [0, 0.1) is 23.7 Å². The van der Waals surface area contributed by atoms with Crippen LogP contribution >= 0.6 is 0 Å². The van der Waals surface area contributed by atoms with Gasteiger partial charge in [-0.2, -0.15) is 0 Å². The molecule has 2 aliphatic carbocycles. The van der Waals surface area contributed by atoms with Crippen LogP contribution in [0.15, 0.2) is 41.5 Å². The molecular formula is C21H25N7O2. The van der Waals surface area contributed by atoms with Crippen LogP contribution in [-0.2, 0) is 16.1 Å². The smallest absolute Gasteiger partial charge is 0.233 e. The Morgan fingerprint density at radius 3 is 2.63 bits per heavy atom. The monoisotopic (exact) mass is 407 g/mol. The van der Waals surface area contributed by atoms with E-state index in [-0.39, 0.29) is 35.5 Å². The van der Waals surface area contributed by atoms with Crippen LogP contribution in [0.3, 0.4) is 0 Å². The maximum absolute atomic E-state index is 12.8. The van der Waals surface area contributed by atoms with Crippen molar-refractivity contribution in [2.24, 2.45) is 28.7 Å². The van der Waals surface area contributed by atoms with Gasteiger partial charge < -0.3 is 10.6 Å². The molecule has 2 aromatic heterocycles. The zero-order chi connectivity index (χ0) is 20.7. The predicted molar refractivity (Wildman–Crippen MR) is 110 cm³/mol. The molecule has 0 spiro atoms. The Morgan fingerprint density at radius 1 is 1.13 bits per heavy atom. The lowest BCUT2D eigenvalue weighted by atomic mass is 9.85. The fraction of sp³-hybridized carbons (Fsp3) is 0.476. The van der Waals surface area contributed by atoms with E-state index in [2.05, 4.69) is 38.0 Å². The number of hydrogen-bond donors (Lipinski definition) is 2. The number of guanidine groups is 1. The molecule has 4 atom stereocenters. The molecule has 4 unspecified atom stereocenters. The molecular weight excluding hydrogens is 382 g/mol. The molecule has 1 saturated carbocycles. The maximum Gasteiger partial charge on any atom is 0.233 e. The minimum atomic E-state index is -0.143. The van der Waals surface area contributed by atoms with E-state index in [1.807, 2.05) is 35.7 Å². The van der Waals surface area contributed by atoms with Crippen LogP contribution in [0.1, 0.15) is 19.2 Å². The second-order valence-electron chi connectivity index (χ2n) is 8.00. The number of aromatic nitrogens is 3. The van der Waals surface area contributed by atoms with Crippen LogP contribution in [-0.4, -0.2) is 56.9 Å². The number of nitrogens with zero attached hydrogens (tertiary/aromatic N) is 5. The molecule has 2 fully saturated rings. The number of imide groups is 1. The number of nitrogens with one attached hydrogen (secondary N) is 2. The van der Waals surface area contributed by atoms with Crippen molar-refractivity contribution in [3.05, 3.63) is 42.4 Å². The van der Waals surface area contributed by atoms with Crippen LogP contribution in [0.2, 0.25) is 0 Å². The van der Waals surface area contributed by atoms with Crippen molar-refractivity contribution in [3.8, 4) is 0 Å². The minimum Gasteiger partial charge on any atom is -0.357 e. The summed E-state index contributed by atoms with van der Waals surface area (Å²) in [6, 6.07) is 5.73. The molecule has 2 amide bonds. The number of carbonyl (C=O) groups excluding carboxylic acids is 2. The van der Waals surface area contributed by atoms with Gasteiger partial charge in [0.15, 0.2) is 17.4 Å². The van der Waals surface area contributed by atoms with Crippen molar-refractivity contribution in [3.63, 3.8) is 0 Å². The lowest BCUT2D eigenvalue weighted by molar-refractivity contribution is -0.140. The Kier molecular flexibility index (Phi) is 4.72. The molecule has 1 aliphatic heterocycles. The van der Waals surface area contributed by atoms with Crippen molar-refractivity contribution in [1.29, 1.82) is 0 Å². The Morgan fingerprint density at radius 2 is 1.90 bits per heavy atom. The van der Waals surface area contributed by atoms with E-state index in [9.17, 15) is 9.59 Å². The summed E-state index contributed by atoms with van der Waals surface area (Å²) >= 11 is 0. The van der Waals surface area contributed by atoms with Crippen molar-refractivity contribution < 1.29 is 9.59 Å². The van der Waals surface area contributed by atoms with Gasteiger partial charge in [0.05, 0.1) is 11.8 Å². The van der Waals surface area contributed by atoms with Gasteiger partial charge in [-0.3, -0.25) is 18.9 Å². The largest absolute Gasteiger partial charge is 0.357 e. The van der Waals surface area contributed by atoms with Crippen LogP contribution in [0.4, 0.5) is 0 Å². The molecule has 30 heavy (non-hydrogen) atoms. The Bertz CT molecular complexity index is 1010. The second-order valence-corrected chi connectivity index (χ2v) is 8.00. The van der Waals surface area contributed by atoms with Crippen molar-refractivity contribution in [2.45, 2.75) is 19.9 Å². The molecule has 3 heterocycles. The number of fused-ring (bicyclic) bond motifs is 6. The second kappa shape index (κ2) is 7.55. The van der Waals surface area contributed by atoms with E-state index in [1.165, 1.54) is 4.90 Å². The molecule has 5 rings (SSSR count). The highest BCUT2D eigenvalue weighted by molar-refractivity contribution is 6.06. The summed E-state index contributed by atoms with van der Waals surface area (Å²) in [7, 11) is 0. The van der Waals surface area contributed by atoms with E-state index in [4.69, 9.17) is 0 Å². The topological polar surface area (TPSA) is 104 Å². The fourth-order valence-electron chi connectivity index (χ4n) is 4.96. The zero-order valence-electron chi connectivity index (χ0n) is 16.9. The highest BCUT2D eigenvalue weighted by Gasteiger charge is 2.58. The SMILES string of the molecule is CCNC(=NCc1nnc2ccccn12)NCCN1C(=O)C2C3C=CC(C3)C2C1=O. The Balaban J connectivity index is 1.20. The average Bonchev–Trinajstić information content (AvgIpc) is 3.51.